The second-order valence-corrected chi connectivity index (χ2v) is 16.4. The summed E-state index contributed by atoms with van der Waals surface area (Å²) in [7, 11) is 3.41. The average molecular weight is 745 g/mol. The summed E-state index contributed by atoms with van der Waals surface area (Å²) in [5.74, 6) is -0.738. The maximum Gasteiger partial charge on any atom is 0.409 e. The van der Waals surface area contributed by atoms with Crippen molar-refractivity contribution in [2.75, 3.05) is 20.2 Å². The molecule has 3 aromatic carbocycles. The van der Waals surface area contributed by atoms with Gasteiger partial charge in [0.05, 0.1) is 52.9 Å². The van der Waals surface area contributed by atoms with Gasteiger partial charge in [0.15, 0.2) is 6.10 Å². The Kier molecular flexibility index (Phi) is 10.1. The molecule has 1 saturated carbocycles. The summed E-state index contributed by atoms with van der Waals surface area (Å²) in [6.45, 7) is 8.77. The molecule has 1 unspecified atom stereocenters. The van der Waals surface area contributed by atoms with E-state index in [0.717, 1.165) is 86.2 Å². The Hall–Kier alpha value is -4.03. The Morgan fingerprint density at radius 1 is 1.00 bits per heavy atom. The number of halogens is 1. The van der Waals surface area contributed by atoms with Crippen LogP contribution < -0.4 is 0 Å². The van der Waals surface area contributed by atoms with E-state index in [1.54, 1.807) is 16.2 Å². The lowest BCUT2D eigenvalue weighted by molar-refractivity contribution is -0.160. The number of ether oxygens (including phenoxy) is 3. The number of carboxylic acid groups (broad SMARTS) is 1. The van der Waals surface area contributed by atoms with Gasteiger partial charge in [-0.25, -0.2) is 14.6 Å². The van der Waals surface area contributed by atoms with E-state index in [4.69, 9.17) is 35.9 Å². The zero-order valence-corrected chi connectivity index (χ0v) is 32.0. The van der Waals surface area contributed by atoms with Crippen LogP contribution in [0.2, 0.25) is 5.02 Å². The number of carbonyl (C=O) groups is 2. The van der Waals surface area contributed by atoms with Gasteiger partial charge in [0, 0.05) is 46.6 Å². The second-order valence-electron chi connectivity index (χ2n) is 15.0. The normalized spacial score (nSPS) is 20.1. The van der Waals surface area contributed by atoms with Crippen LogP contribution in [0.15, 0.2) is 48.5 Å². The molecule has 2 fully saturated rings. The number of carbonyl (C=O) groups excluding carboxylic acids is 1. The van der Waals surface area contributed by atoms with E-state index in [9.17, 15) is 14.7 Å². The van der Waals surface area contributed by atoms with Crippen molar-refractivity contribution in [2.45, 2.75) is 89.6 Å². The highest BCUT2D eigenvalue weighted by atomic mass is 35.5. The summed E-state index contributed by atoms with van der Waals surface area (Å²) >= 11 is 7.85. The summed E-state index contributed by atoms with van der Waals surface area (Å²) in [4.78, 5) is 31.5. The summed E-state index contributed by atoms with van der Waals surface area (Å²) in [6.07, 6.45) is 3.43. The molecule has 7 rings (SSSR count). The van der Waals surface area contributed by atoms with Crippen molar-refractivity contribution in [3.8, 4) is 21.7 Å². The van der Waals surface area contributed by atoms with E-state index in [1.165, 1.54) is 7.11 Å². The van der Waals surface area contributed by atoms with E-state index < -0.39 is 17.7 Å². The van der Waals surface area contributed by atoms with Crippen LogP contribution in [0, 0.1) is 6.92 Å². The third-order valence-corrected chi connectivity index (χ3v) is 11.6. The molecule has 12 heteroatoms. The smallest absolute Gasteiger partial charge is 0.409 e. The minimum atomic E-state index is -1.18. The SMILES string of the molecule is COC(=O)N1CCC(OC2CCC(c3nn(C)c4ccc(-c5nc6cc(C)c([C@H](OC(C)(C)C)C(=O)O)c(-c7ccc(Cl)cc7)c6s5)cc34)CC2)C1. The van der Waals surface area contributed by atoms with Crippen LogP contribution in [0.5, 0.6) is 0 Å². The minimum Gasteiger partial charge on any atom is -0.479 e. The highest BCUT2D eigenvalue weighted by Gasteiger charge is 2.34. The number of likely N-dealkylation sites (tertiary alicyclic amines) is 1. The Balaban J connectivity index is 1.21. The van der Waals surface area contributed by atoms with Gasteiger partial charge in [0.1, 0.15) is 5.01 Å². The lowest BCUT2D eigenvalue weighted by Gasteiger charge is -2.30. The largest absolute Gasteiger partial charge is 0.479 e. The number of hydrogen-bond acceptors (Lipinski definition) is 8. The van der Waals surface area contributed by atoms with E-state index in [0.29, 0.717) is 29.6 Å². The van der Waals surface area contributed by atoms with Crippen LogP contribution in [0.4, 0.5) is 4.79 Å². The lowest BCUT2D eigenvalue weighted by atomic mass is 9.84. The average Bonchev–Trinajstić information content (AvgIpc) is 3.84. The van der Waals surface area contributed by atoms with E-state index in [-0.39, 0.29) is 18.3 Å². The third-order valence-electron chi connectivity index (χ3n) is 10.2. The molecule has 3 heterocycles. The second kappa shape index (κ2) is 14.4. The van der Waals surface area contributed by atoms with E-state index in [1.807, 2.05) is 69.8 Å². The maximum atomic E-state index is 12.8. The van der Waals surface area contributed by atoms with Crippen LogP contribution in [-0.4, -0.2) is 74.8 Å². The van der Waals surface area contributed by atoms with Crippen molar-refractivity contribution in [3.63, 3.8) is 0 Å². The number of rotatable bonds is 8. The fourth-order valence-electron chi connectivity index (χ4n) is 7.77. The maximum absolute atomic E-state index is 12.8. The molecule has 1 N–H and O–H groups in total. The molecule has 2 aliphatic rings. The van der Waals surface area contributed by atoms with Crippen molar-refractivity contribution in [1.82, 2.24) is 19.7 Å². The van der Waals surface area contributed by atoms with Gasteiger partial charge in [-0.2, -0.15) is 5.10 Å². The van der Waals surface area contributed by atoms with Gasteiger partial charge in [0.2, 0.25) is 0 Å². The van der Waals surface area contributed by atoms with Gasteiger partial charge >= 0.3 is 12.1 Å². The topological polar surface area (TPSA) is 116 Å². The molecule has 1 saturated heterocycles. The molecule has 0 bridgehead atoms. The number of benzene rings is 3. The first-order valence-corrected chi connectivity index (χ1v) is 19.0. The fourth-order valence-corrected chi connectivity index (χ4v) is 9.02. The summed E-state index contributed by atoms with van der Waals surface area (Å²) in [5.41, 5.74) is 6.32. The first-order valence-electron chi connectivity index (χ1n) is 17.9. The molecule has 0 radical (unpaired) electrons. The van der Waals surface area contributed by atoms with Gasteiger partial charge in [0.25, 0.3) is 0 Å². The standard InChI is InChI=1S/C40H45ClN4O6S/c1-22-19-30-36(33(23-7-12-26(41)13-8-23)32(22)35(38(46)47)51-40(2,3)4)52-37(42-30)25-11-16-31-29(20-25)34(43-44(31)5)24-9-14-27(15-10-24)50-28-17-18-45(21-28)39(48)49-6/h7-8,11-13,16,19-20,24,27-28,35H,9-10,14-15,17-18,21H2,1-6H3,(H,46,47)/t24?,27?,28?,35-/m0/s1. The van der Waals surface area contributed by atoms with Crippen LogP contribution >= 0.6 is 22.9 Å². The monoisotopic (exact) mass is 744 g/mol. The predicted molar refractivity (Wildman–Crippen MR) is 204 cm³/mol. The molecule has 2 aromatic heterocycles. The number of aliphatic carboxylic acids is 1. The molecule has 5 aromatic rings. The van der Waals surface area contributed by atoms with Gasteiger partial charge in [-0.1, -0.05) is 23.7 Å². The van der Waals surface area contributed by atoms with Gasteiger partial charge in [-0.15, -0.1) is 11.3 Å². The number of nitrogens with zero attached hydrogens (tertiary/aromatic N) is 4. The molecule has 10 nitrogen and oxygen atoms in total. The number of aromatic nitrogens is 3. The molecule has 1 aliphatic carbocycles. The molecule has 2 atom stereocenters. The molecule has 1 amide bonds. The molecule has 52 heavy (non-hydrogen) atoms. The van der Waals surface area contributed by atoms with E-state index >= 15 is 0 Å². The van der Waals surface area contributed by atoms with Crippen molar-refractivity contribution in [3.05, 3.63) is 70.4 Å². The molecule has 0 spiro atoms. The van der Waals surface area contributed by atoms with Crippen molar-refractivity contribution < 1.29 is 28.9 Å². The third kappa shape index (κ3) is 7.28. The highest BCUT2D eigenvalue weighted by Crippen LogP contribution is 2.45. The molecule has 274 valence electrons. The number of carboxylic acids is 1. The molecule has 1 aliphatic heterocycles. The Morgan fingerprint density at radius 3 is 2.38 bits per heavy atom. The first-order chi connectivity index (χ1) is 24.8. The number of methoxy groups -OCH3 is 1. The summed E-state index contributed by atoms with van der Waals surface area (Å²) in [5, 5.41) is 18.0. The van der Waals surface area contributed by atoms with Crippen LogP contribution in [0.1, 0.15) is 81.7 Å². The van der Waals surface area contributed by atoms with Crippen LogP contribution in [0.3, 0.4) is 0 Å². The van der Waals surface area contributed by atoms with Crippen LogP contribution in [-0.2, 0) is 26.1 Å². The van der Waals surface area contributed by atoms with Gasteiger partial charge in [-0.05, 0) is 107 Å². The Bertz CT molecular complexity index is 2130. The minimum absolute atomic E-state index is 0.0498. The van der Waals surface area contributed by atoms with Crippen molar-refractivity contribution in [2.24, 2.45) is 7.05 Å². The summed E-state index contributed by atoms with van der Waals surface area (Å²) < 4.78 is 20.4. The highest BCUT2D eigenvalue weighted by molar-refractivity contribution is 7.22. The zero-order chi connectivity index (χ0) is 36.9. The zero-order valence-electron chi connectivity index (χ0n) is 30.4. The van der Waals surface area contributed by atoms with E-state index in [2.05, 4.69) is 18.2 Å². The fraction of sp³-hybridized carbons (Fsp3) is 0.450. The number of thiazole rings is 1. The van der Waals surface area contributed by atoms with Crippen LogP contribution in [0.25, 0.3) is 42.8 Å². The van der Waals surface area contributed by atoms with Crippen molar-refractivity contribution >= 4 is 56.1 Å². The van der Waals surface area contributed by atoms with Gasteiger partial charge in [-0.3, -0.25) is 4.68 Å². The Morgan fingerprint density at radius 2 is 1.71 bits per heavy atom. The molecular formula is C40H45ClN4O6S. The van der Waals surface area contributed by atoms with Crippen molar-refractivity contribution in [1.29, 1.82) is 0 Å². The number of amides is 1. The summed E-state index contributed by atoms with van der Waals surface area (Å²) in [6, 6.07) is 15.9. The van der Waals surface area contributed by atoms with Gasteiger partial charge < -0.3 is 24.2 Å². The number of aryl methyl sites for hydroxylation is 2. The number of hydrogen-bond donors (Lipinski definition) is 1. The predicted octanol–water partition coefficient (Wildman–Crippen LogP) is 9.30. The lowest BCUT2D eigenvalue weighted by Crippen LogP contribution is -2.32. The Labute approximate surface area is 312 Å². The molecular weight excluding hydrogens is 700 g/mol. The number of fused-ring (bicyclic) bond motifs is 2. The quantitative estimate of drug-likeness (QED) is 0.167. The first kappa shape index (κ1) is 36.3.